The van der Waals surface area contributed by atoms with Gasteiger partial charge in [0.15, 0.2) is 17.3 Å². The van der Waals surface area contributed by atoms with E-state index in [-0.39, 0.29) is 0 Å². The molecule has 0 unspecified atom stereocenters. The zero-order valence-corrected chi connectivity index (χ0v) is 35.1. The lowest BCUT2D eigenvalue weighted by molar-refractivity contribution is 0.122. The van der Waals surface area contributed by atoms with Gasteiger partial charge in [0.05, 0.1) is 44.4 Å². The van der Waals surface area contributed by atoms with E-state index in [2.05, 4.69) is 93.9 Å². The molecule has 2 aliphatic heterocycles. The molecule has 0 aliphatic carbocycles. The Labute approximate surface area is 361 Å². The first-order valence-corrected chi connectivity index (χ1v) is 21.1. The molecule has 16 nitrogen and oxygen atoms in total. The van der Waals surface area contributed by atoms with Crippen molar-refractivity contribution in [2.45, 2.75) is 13.8 Å². The largest absolute Gasteiger partial charge is 0.378 e. The van der Waals surface area contributed by atoms with Crippen molar-refractivity contribution in [3.05, 3.63) is 126 Å². The van der Waals surface area contributed by atoms with Crippen molar-refractivity contribution < 1.29 is 9.47 Å². The Balaban J connectivity index is 0.000000158. The second-order valence-electron chi connectivity index (χ2n) is 14.6. The van der Waals surface area contributed by atoms with Crippen LogP contribution in [0.2, 0.25) is 0 Å². The number of anilines is 4. The molecular formula is C45H44N14O2S. The van der Waals surface area contributed by atoms with Gasteiger partial charge in [0.2, 0.25) is 11.9 Å². The third-order valence-corrected chi connectivity index (χ3v) is 11.1. The highest BCUT2D eigenvalue weighted by molar-refractivity contribution is 7.22. The second kappa shape index (κ2) is 19.0. The first-order chi connectivity index (χ1) is 30.5. The molecule has 62 heavy (non-hydrogen) atoms. The number of fused-ring (bicyclic) bond motifs is 2. The van der Waals surface area contributed by atoms with E-state index in [4.69, 9.17) is 24.4 Å². The van der Waals surface area contributed by atoms with E-state index in [1.807, 2.05) is 67.0 Å². The summed E-state index contributed by atoms with van der Waals surface area (Å²) < 4.78 is 12.0. The molecule has 0 bridgehead atoms. The Morgan fingerprint density at radius 1 is 0.645 bits per heavy atom. The van der Waals surface area contributed by atoms with Crippen LogP contribution in [0.15, 0.2) is 114 Å². The number of aryl methyl sites for hydroxylation is 2. The normalized spacial score (nSPS) is 14.4. The van der Waals surface area contributed by atoms with Gasteiger partial charge in [0.25, 0.3) is 0 Å². The van der Waals surface area contributed by atoms with Gasteiger partial charge in [-0.1, -0.05) is 59.7 Å². The topological polar surface area (TPSA) is 180 Å². The van der Waals surface area contributed by atoms with Gasteiger partial charge >= 0.3 is 0 Å². The lowest BCUT2D eigenvalue weighted by Crippen LogP contribution is -2.37. The zero-order chi connectivity index (χ0) is 42.1. The van der Waals surface area contributed by atoms with Gasteiger partial charge in [-0.3, -0.25) is 9.97 Å². The molecule has 3 N–H and O–H groups in total. The van der Waals surface area contributed by atoms with Gasteiger partial charge in [-0.25, -0.2) is 20.8 Å². The summed E-state index contributed by atoms with van der Waals surface area (Å²) in [6, 6.07) is 26.1. The number of hydrogen-bond donors (Lipinski definition) is 3. The summed E-state index contributed by atoms with van der Waals surface area (Å²) in [4.78, 5) is 39.9. The molecule has 0 saturated carbocycles. The van der Waals surface area contributed by atoms with Crippen molar-refractivity contribution >= 4 is 68.7 Å². The summed E-state index contributed by atoms with van der Waals surface area (Å²) in [5.41, 5.74) is 15.6. The molecular weight excluding hydrogens is 801 g/mol. The van der Waals surface area contributed by atoms with Crippen LogP contribution in [-0.4, -0.2) is 105 Å². The number of ether oxygens (including phenoxy) is 2. The van der Waals surface area contributed by atoms with Crippen molar-refractivity contribution in [1.29, 1.82) is 0 Å². The van der Waals surface area contributed by atoms with E-state index in [0.29, 0.717) is 44.0 Å². The van der Waals surface area contributed by atoms with Gasteiger partial charge in [0, 0.05) is 67.8 Å². The van der Waals surface area contributed by atoms with Gasteiger partial charge in [0.1, 0.15) is 15.2 Å². The molecule has 312 valence electrons. The Kier molecular flexibility index (Phi) is 12.3. The maximum atomic E-state index is 5.52. The summed E-state index contributed by atoms with van der Waals surface area (Å²) in [5.74, 6) is 2.57. The SMILES string of the molecule is Cc1cccc(/C=N/Nc2nc(N3CCOCC3)c3[nH]c(-c4cccnc4)cc3n2)c1.Cc1cccc(/C=N/Nc2nc(N3CCOCC3)c3sc(-c4cccnc4)nc3n2)c1. The number of nitrogens with one attached hydrogen (secondary N) is 3. The number of pyridine rings is 2. The van der Waals surface area contributed by atoms with Crippen LogP contribution >= 0.6 is 11.3 Å². The number of hydrazone groups is 2. The molecule has 10 rings (SSSR count). The molecule has 8 heterocycles. The highest BCUT2D eigenvalue weighted by Crippen LogP contribution is 2.36. The fraction of sp³-hybridized carbons (Fsp3) is 0.222. The zero-order valence-electron chi connectivity index (χ0n) is 34.3. The molecule has 0 radical (unpaired) electrons. The summed E-state index contributed by atoms with van der Waals surface area (Å²) in [5, 5.41) is 9.55. The van der Waals surface area contributed by atoms with Crippen LogP contribution in [0.3, 0.4) is 0 Å². The van der Waals surface area contributed by atoms with Gasteiger partial charge in [-0.15, -0.1) is 11.3 Å². The van der Waals surface area contributed by atoms with E-state index >= 15 is 0 Å². The Hall–Kier alpha value is -7.21. The number of thiazole rings is 1. The van der Waals surface area contributed by atoms with Crippen LogP contribution in [0.25, 0.3) is 43.2 Å². The van der Waals surface area contributed by atoms with Gasteiger partial charge in [-0.2, -0.15) is 25.2 Å². The Bertz CT molecular complexity index is 2630. The Morgan fingerprint density at radius 2 is 1.23 bits per heavy atom. The fourth-order valence-corrected chi connectivity index (χ4v) is 8.03. The average molecular weight is 845 g/mol. The molecule has 0 amide bonds. The summed E-state index contributed by atoms with van der Waals surface area (Å²) in [7, 11) is 0. The van der Waals surface area contributed by atoms with E-state index in [1.54, 1.807) is 36.2 Å². The molecule has 2 saturated heterocycles. The lowest BCUT2D eigenvalue weighted by atomic mass is 10.2. The number of H-pyrrole nitrogens is 1. The molecule has 2 aromatic carbocycles. The van der Waals surface area contributed by atoms with Crippen LogP contribution < -0.4 is 20.7 Å². The standard InChI is InChI=1S/C23H23N7O.C22H21N7OS/c1-16-4-2-5-17(12-16)14-25-29-23-27-20-13-19(18-6-3-7-24-15-18)26-21(20)22(28-23)30-8-10-31-11-9-30;1-15-4-2-5-16(12-15)13-24-28-22-26-19-18(20(27-22)29-8-10-30-11-9-29)31-21(25-19)17-6-3-7-23-14-17/h2-7,12-15,26H,8-11H2,1H3,(H,27,28,29);2-7,12-14H,8-11H2,1H3,(H,26,27,28)/b25-14+;24-13+. The molecule has 2 aliphatic rings. The molecule has 0 atom stereocenters. The van der Waals surface area contributed by atoms with Crippen LogP contribution in [0, 0.1) is 13.8 Å². The van der Waals surface area contributed by atoms with Crippen LogP contribution in [-0.2, 0) is 9.47 Å². The molecule has 2 fully saturated rings. The van der Waals surface area contributed by atoms with E-state index in [0.717, 1.165) is 86.5 Å². The number of hydrogen-bond acceptors (Lipinski definition) is 16. The monoisotopic (exact) mass is 844 g/mol. The van der Waals surface area contributed by atoms with Crippen LogP contribution in [0.4, 0.5) is 23.5 Å². The minimum absolute atomic E-state index is 0.418. The third-order valence-electron chi connectivity index (χ3n) is 10.0. The van der Waals surface area contributed by atoms with Crippen LogP contribution in [0.5, 0.6) is 0 Å². The molecule has 0 spiro atoms. The summed E-state index contributed by atoms with van der Waals surface area (Å²) >= 11 is 1.58. The number of aromatic amines is 1. The summed E-state index contributed by atoms with van der Waals surface area (Å²) in [6.07, 6.45) is 10.7. The van der Waals surface area contributed by atoms with Crippen molar-refractivity contribution in [1.82, 2.24) is 39.9 Å². The van der Waals surface area contributed by atoms with Crippen molar-refractivity contribution in [3.63, 3.8) is 0 Å². The quantitative estimate of drug-likeness (QED) is 0.0920. The van der Waals surface area contributed by atoms with Gasteiger partial charge in [-0.05, 0) is 55.3 Å². The minimum atomic E-state index is 0.418. The number of benzene rings is 2. The van der Waals surface area contributed by atoms with Crippen molar-refractivity contribution in [2.75, 3.05) is 73.3 Å². The number of nitrogens with zero attached hydrogens (tertiary/aromatic N) is 11. The number of aromatic nitrogens is 8. The second-order valence-corrected chi connectivity index (χ2v) is 15.6. The molecule has 6 aromatic heterocycles. The predicted molar refractivity (Wildman–Crippen MR) is 246 cm³/mol. The average Bonchev–Trinajstić information content (AvgIpc) is 3.95. The maximum Gasteiger partial charge on any atom is 0.247 e. The Morgan fingerprint density at radius 3 is 1.82 bits per heavy atom. The first kappa shape index (κ1) is 40.2. The fourth-order valence-electron chi connectivity index (χ4n) is 7.02. The van der Waals surface area contributed by atoms with E-state index in [1.165, 1.54) is 11.1 Å². The van der Waals surface area contributed by atoms with Gasteiger partial charge < -0.3 is 24.3 Å². The third kappa shape index (κ3) is 9.70. The van der Waals surface area contributed by atoms with E-state index in [9.17, 15) is 0 Å². The smallest absolute Gasteiger partial charge is 0.247 e. The van der Waals surface area contributed by atoms with Crippen molar-refractivity contribution in [3.8, 4) is 21.8 Å². The van der Waals surface area contributed by atoms with Crippen molar-refractivity contribution in [2.24, 2.45) is 10.2 Å². The first-order valence-electron chi connectivity index (χ1n) is 20.3. The van der Waals surface area contributed by atoms with Crippen LogP contribution in [0.1, 0.15) is 22.3 Å². The summed E-state index contributed by atoms with van der Waals surface area (Å²) in [6.45, 7) is 9.92. The predicted octanol–water partition coefficient (Wildman–Crippen LogP) is 7.35. The molecule has 8 aromatic rings. The highest BCUT2D eigenvalue weighted by atomic mass is 32.1. The maximum absolute atomic E-state index is 5.52. The highest BCUT2D eigenvalue weighted by Gasteiger charge is 2.22. The lowest BCUT2D eigenvalue weighted by Gasteiger charge is -2.28. The number of rotatable bonds is 10. The molecule has 17 heteroatoms. The number of morpholine rings is 2. The van der Waals surface area contributed by atoms with E-state index < -0.39 is 0 Å². The minimum Gasteiger partial charge on any atom is -0.378 e.